The van der Waals surface area contributed by atoms with Crippen LogP contribution in [0.1, 0.15) is 44.1 Å². The fourth-order valence-corrected chi connectivity index (χ4v) is 3.26. The average molecular weight is 287 g/mol. The first kappa shape index (κ1) is 14.8. The molecule has 1 heterocycles. The lowest BCUT2D eigenvalue weighted by molar-refractivity contribution is 0.135. The summed E-state index contributed by atoms with van der Waals surface area (Å²) in [5.41, 5.74) is 1.21. The highest BCUT2D eigenvalue weighted by molar-refractivity contribution is 6.04. The lowest BCUT2D eigenvalue weighted by Gasteiger charge is -2.30. The van der Waals surface area contributed by atoms with E-state index in [0.717, 1.165) is 37.4 Å². The maximum absolute atomic E-state index is 6.16. The fourth-order valence-electron chi connectivity index (χ4n) is 3.26. The minimum atomic E-state index is 0.350. The summed E-state index contributed by atoms with van der Waals surface area (Å²) < 4.78 is 12.3. The van der Waals surface area contributed by atoms with Crippen molar-refractivity contribution in [3.05, 3.63) is 23.8 Å². The van der Waals surface area contributed by atoms with Crippen molar-refractivity contribution in [2.45, 2.75) is 57.7 Å². The van der Waals surface area contributed by atoms with Gasteiger partial charge in [0.2, 0.25) is 0 Å². The molecule has 21 heavy (non-hydrogen) atoms. The molecule has 1 aliphatic heterocycles. The molecule has 2 fully saturated rings. The summed E-state index contributed by atoms with van der Waals surface area (Å²) in [7, 11) is 2.18. The lowest BCUT2D eigenvalue weighted by Crippen LogP contribution is -2.36. The Kier molecular flexibility index (Phi) is 4.74. The number of ether oxygens (including phenoxy) is 2. The monoisotopic (exact) mass is 287 g/mol. The van der Waals surface area contributed by atoms with Crippen LogP contribution in [-0.2, 0) is 0 Å². The molecule has 0 atom stereocenters. The molecule has 1 saturated carbocycles. The molecule has 114 valence electrons. The van der Waals surface area contributed by atoms with Crippen LogP contribution in [0.2, 0.25) is 0 Å². The number of benzene rings is 1. The largest absolute Gasteiger partial charge is 0.490 e. The summed E-state index contributed by atoms with van der Waals surface area (Å²) >= 11 is 0. The van der Waals surface area contributed by atoms with E-state index in [1.54, 1.807) is 0 Å². The van der Waals surface area contributed by atoms with Crippen molar-refractivity contribution in [2.24, 2.45) is 0 Å². The Morgan fingerprint density at radius 3 is 2.38 bits per heavy atom. The van der Waals surface area contributed by atoms with Gasteiger partial charge in [0, 0.05) is 6.07 Å². The van der Waals surface area contributed by atoms with E-state index in [9.17, 15) is 0 Å². The average Bonchev–Trinajstić information content (AvgIpc) is 2.98. The molecule has 1 aliphatic carbocycles. The van der Waals surface area contributed by atoms with Gasteiger partial charge in [0.25, 0.3) is 0 Å². The first-order valence-corrected chi connectivity index (χ1v) is 8.33. The summed E-state index contributed by atoms with van der Waals surface area (Å²) in [6, 6.07) is 6.29. The molecule has 2 aliphatic rings. The van der Waals surface area contributed by atoms with Gasteiger partial charge in [0.15, 0.2) is 7.98 Å². The molecule has 0 spiro atoms. The van der Waals surface area contributed by atoms with Crippen molar-refractivity contribution in [1.82, 2.24) is 4.81 Å². The molecule has 0 amide bonds. The topological polar surface area (TPSA) is 21.7 Å². The Morgan fingerprint density at radius 2 is 1.67 bits per heavy atom. The van der Waals surface area contributed by atoms with Crippen molar-refractivity contribution in [3.63, 3.8) is 0 Å². The number of nitrogens with zero attached hydrogens (tertiary/aromatic N) is 1. The highest BCUT2D eigenvalue weighted by Crippen LogP contribution is 2.30. The molecule has 0 aromatic heterocycles. The SMILES string of the molecule is BN1CCC(Oc2ccc(C)c(OC3CCCC3)c2)CC1. The standard InChI is InChI=1S/C17H26BNO2/c1-13-6-7-16(20-15-8-10-19(18)11-9-15)12-17(13)21-14-4-2-3-5-14/h6-7,12,14-15H,2-5,8-11,18H2,1H3. The lowest BCUT2D eigenvalue weighted by atomic mass is 10.0. The quantitative estimate of drug-likeness (QED) is 0.795. The van der Waals surface area contributed by atoms with Crippen molar-refractivity contribution >= 4 is 7.98 Å². The molecule has 0 radical (unpaired) electrons. The van der Waals surface area contributed by atoms with Crippen LogP contribution in [0, 0.1) is 6.92 Å². The van der Waals surface area contributed by atoms with Crippen LogP contribution in [0.3, 0.4) is 0 Å². The molecular weight excluding hydrogens is 261 g/mol. The minimum absolute atomic E-state index is 0.350. The Balaban J connectivity index is 1.62. The second-order valence-corrected chi connectivity index (χ2v) is 6.57. The van der Waals surface area contributed by atoms with Gasteiger partial charge in [-0.25, -0.2) is 0 Å². The zero-order valence-corrected chi connectivity index (χ0v) is 13.3. The number of hydrogen-bond donors (Lipinski definition) is 0. The van der Waals surface area contributed by atoms with E-state index in [1.807, 2.05) is 0 Å². The maximum atomic E-state index is 6.16. The third-order valence-electron chi connectivity index (χ3n) is 4.72. The molecule has 0 N–H and O–H groups in total. The normalized spacial score (nSPS) is 21.6. The fraction of sp³-hybridized carbons (Fsp3) is 0.647. The summed E-state index contributed by atoms with van der Waals surface area (Å²) in [4.78, 5) is 2.36. The van der Waals surface area contributed by atoms with Gasteiger partial charge in [0.1, 0.15) is 17.6 Å². The van der Waals surface area contributed by atoms with Crippen molar-refractivity contribution < 1.29 is 9.47 Å². The van der Waals surface area contributed by atoms with Crippen LogP contribution in [-0.4, -0.2) is 38.1 Å². The molecular formula is C17H26BNO2. The zero-order valence-electron chi connectivity index (χ0n) is 13.3. The minimum Gasteiger partial charge on any atom is -0.490 e. The Morgan fingerprint density at radius 1 is 1.00 bits per heavy atom. The third-order valence-corrected chi connectivity index (χ3v) is 4.72. The van der Waals surface area contributed by atoms with E-state index in [2.05, 4.69) is 37.9 Å². The maximum Gasteiger partial charge on any atom is 0.185 e. The van der Waals surface area contributed by atoms with E-state index in [-0.39, 0.29) is 0 Å². The molecule has 1 aromatic rings. The second-order valence-electron chi connectivity index (χ2n) is 6.57. The number of piperidine rings is 1. The first-order valence-electron chi connectivity index (χ1n) is 8.33. The van der Waals surface area contributed by atoms with E-state index in [1.165, 1.54) is 31.2 Å². The predicted molar refractivity (Wildman–Crippen MR) is 87.8 cm³/mol. The van der Waals surface area contributed by atoms with Crippen LogP contribution >= 0.6 is 0 Å². The van der Waals surface area contributed by atoms with Gasteiger partial charge < -0.3 is 14.3 Å². The molecule has 3 rings (SSSR count). The predicted octanol–water partition coefficient (Wildman–Crippen LogP) is 2.71. The van der Waals surface area contributed by atoms with E-state index in [0.29, 0.717) is 12.2 Å². The zero-order chi connectivity index (χ0) is 14.7. The van der Waals surface area contributed by atoms with Crippen LogP contribution < -0.4 is 9.47 Å². The van der Waals surface area contributed by atoms with E-state index in [4.69, 9.17) is 9.47 Å². The molecule has 0 bridgehead atoms. The van der Waals surface area contributed by atoms with Crippen molar-refractivity contribution in [1.29, 1.82) is 0 Å². The van der Waals surface area contributed by atoms with Crippen molar-refractivity contribution in [3.8, 4) is 11.5 Å². The third kappa shape index (κ3) is 3.94. The van der Waals surface area contributed by atoms with Gasteiger partial charge in [-0.3, -0.25) is 0 Å². The van der Waals surface area contributed by atoms with Crippen molar-refractivity contribution in [2.75, 3.05) is 13.1 Å². The Bertz CT molecular complexity index is 466. The molecule has 0 unspecified atom stereocenters. The van der Waals surface area contributed by atoms with Gasteiger partial charge in [0.05, 0.1) is 6.10 Å². The molecule has 3 nitrogen and oxygen atoms in total. The van der Waals surface area contributed by atoms with Gasteiger partial charge in [-0.05, 0) is 70.2 Å². The van der Waals surface area contributed by atoms with Crippen LogP contribution in [0.25, 0.3) is 0 Å². The van der Waals surface area contributed by atoms with Crippen LogP contribution in [0.5, 0.6) is 11.5 Å². The molecule has 1 saturated heterocycles. The number of hydrogen-bond acceptors (Lipinski definition) is 3. The van der Waals surface area contributed by atoms with E-state index >= 15 is 0 Å². The van der Waals surface area contributed by atoms with Gasteiger partial charge in [-0.15, -0.1) is 0 Å². The molecule has 4 heteroatoms. The summed E-state index contributed by atoms with van der Waals surface area (Å²) in [6.45, 7) is 4.37. The van der Waals surface area contributed by atoms with Gasteiger partial charge >= 0.3 is 0 Å². The second kappa shape index (κ2) is 6.74. The van der Waals surface area contributed by atoms with Crippen LogP contribution in [0.15, 0.2) is 18.2 Å². The smallest absolute Gasteiger partial charge is 0.185 e. The summed E-state index contributed by atoms with van der Waals surface area (Å²) in [6.07, 6.45) is 7.97. The van der Waals surface area contributed by atoms with Gasteiger partial charge in [-0.1, -0.05) is 6.07 Å². The van der Waals surface area contributed by atoms with Crippen LogP contribution in [0.4, 0.5) is 0 Å². The Hall–Kier alpha value is -1.16. The van der Waals surface area contributed by atoms with E-state index < -0.39 is 0 Å². The highest BCUT2D eigenvalue weighted by atomic mass is 16.5. The molecule has 1 aromatic carbocycles. The number of aryl methyl sites for hydroxylation is 1. The van der Waals surface area contributed by atoms with Gasteiger partial charge in [-0.2, -0.15) is 0 Å². The summed E-state index contributed by atoms with van der Waals surface area (Å²) in [5, 5.41) is 0. The summed E-state index contributed by atoms with van der Waals surface area (Å²) in [5.74, 6) is 1.97. The Labute approximate surface area is 129 Å². The number of rotatable bonds is 4. The first-order chi connectivity index (χ1) is 10.2. The highest BCUT2D eigenvalue weighted by Gasteiger charge is 2.20.